The smallest absolute Gasteiger partial charge is 0.228 e. The van der Waals surface area contributed by atoms with Crippen molar-refractivity contribution in [2.24, 2.45) is 5.92 Å². The van der Waals surface area contributed by atoms with Crippen LogP contribution in [0.4, 0.5) is 5.69 Å². The highest BCUT2D eigenvalue weighted by Gasteiger charge is 2.25. The van der Waals surface area contributed by atoms with Crippen molar-refractivity contribution < 1.29 is 14.7 Å². The molecule has 2 N–H and O–H groups in total. The van der Waals surface area contributed by atoms with Crippen LogP contribution in [0.15, 0.2) is 18.2 Å². The first-order valence-electron chi connectivity index (χ1n) is 9.36. The average molecular weight is 344 g/mol. The summed E-state index contributed by atoms with van der Waals surface area (Å²) in [6.45, 7) is 0.659. The first-order chi connectivity index (χ1) is 12.0. The molecule has 1 fully saturated rings. The maximum atomic E-state index is 12.3. The van der Waals surface area contributed by atoms with Gasteiger partial charge in [0.05, 0.1) is 12.5 Å². The number of hydrogen-bond donors (Lipinski definition) is 2. The van der Waals surface area contributed by atoms with Gasteiger partial charge in [-0.3, -0.25) is 9.59 Å². The number of rotatable bonds is 6. The van der Waals surface area contributed by atoms with Crippen LogP contribution in [0.1, 0.15) is 49.7 Å². The Labute approximate surface area is 149 Å². The SMILES string of the molecule is CN(CC1CCCCC1O)C(=O)CCCc1ccc2c(c1)CC(=O)N2. The summed E-state index contributed by atoms with van der Waals surface area (Å²) in [4.78, 5) is 25.5. The van der Waals surface area contributed by atoms with Crippen LogP contribution in [0.5, 0.6) is 0 Å². The maximum absolute atomic E-state index is 12.3. The van der Waals surface area contributed by atoms with E-state index in [1.807, 2.05) is 19.2 Å². The molecule has 3 rings (SSSR count). The Bertz CT molecular complexity index is 644. The third kappa shape index (κ3) is 4.60. The molecule has 0 spiro atoms. The molecule has 0 aromatic heterocycles. The Hall–Kier alpha value is -1.88. The van der Waals surface area contributed by atoms with Crippen molar-refractivity contribution in [3.8, 4) is 0 Å². The standard InChI is InChI=1S/C20H28N2O3/c1-22(13-15-6-2-3-7-18(15)23)20(25)8-4-5-14-9-10-17-16(11-14)12-19(24)21-17/h9-11,15,18,23H,2-8,12-13H2,1H3,(H,21,24). The number of aryl methyl sites for hydroxylation is 1. The van der Waals surface area contributed by atoms with E-state index in [0.29, 0.717) is 19.4 Å². The molecule has 136 valence electrons. The maximum Gasteiger partial charge on any atom is 0.228 e. The zero-order valence-corrected chi connectivity index (χ0v) is 15.0. The lowest BCUT2D eigenvalue weighted by Gasteiger charge is -2.31. The molecule has 1 aliphatic carbocycles. The van der Waals surface area contributed by atoms with Crippen LogP contribution in [0.3, 0.4) is 0 Å². The average Bonchev–Trinajstić information content (AvgIpc) is 2.96. The summed E-state index contributed by atoms with van der Waals surface area (Å²) < 4.78 is 0. The van der Waals surface area contributed by atoms with Gasteiger partial charge in [-0.25, -0.2) is 0 Å². The highest BCUT2D eigenvalue weighted by Crippen LogP contribution is 2.26. The number of benzene rings is 1. The molecular weight excluding hydrogens is 316 g/mol. The van der Waals surface area contributed by atoms with E-state index in [-0.39, 0.29) is 23.8 Å². The Morgan fingerprint density at radius 3 is 2.92 bits per heavy atom. The second-order valence-corrected chi connectivity index (χ2v) is 7.46. The van der Waals surface area contributed by atoms with Crippen LogP contribution >= 0.6 is 0 Å². The van der Waals surface area contributed by atoms with Gasteiger partial charge in [-0.1, -0.05) is 25.0 Å². The summed E-state index contributed by atoms with van der Waals surface area (Å²) in [6.07, 6.45) is 6.48. The molecule has 25 heavy (non-hydrogen) atoms. The largest absolute Gasteiger partial charge is 0.393 e. The zero-order valence-electron chi connectivity index (χ0n) is 15.0. The fourth-order valence-corrected chi connectivity index (χ4v) is 3.93. The minimum atomic E-state index is -0.258. The molecule has 5 nitrogen and oxygen atoms in total. The fourth-order valence-electron chi connectivity index (χ4n) is 3.93. The summed E-state index contributed by atoms with van der Waals surface area (Å²) in [5.74, 6) is 0.425. The minimum Gasteiger partial charge on any atom is -0.393 e. The van der Waals surface area contributed by atoms with Crippen LogP contribution in [-0.2, 0) is 22.4 Å². The van der Waals surface area contributed by atoms with Crippen LogP contribution in [-0.4, -0.2) is 41.5 Å². The monoisotopic (exact) mass is 344 g/mol. The molecule has 1 saturated carbocycles. The van der Waals surface area contributed by atoms with Crippen LogP contribution in [0.2, 0.25) is 0 Å². The Morgan fingerprint density at radius 1 is 1.32 bits per heavy atom. The lowest BCUT2D eigenvalue weighted by molar-refractivity contribution is -0.131. The van der Waals surface area contributed by atoms with Crippen molar-refractivity contribution in [2.45, 2.75) is 57.5 Å². The van der Waals surface area contributed by atoms with E-state index >= 15 is 0 Å². The lowest BCUT2D eigenvalue weighted by atomic mass is 9.86. The number of nitrogens with one attached hydrogen (secondary N) is 1. The van der Waals surface area contributed by atoms with Gasteiger partial charge in [0.25, 0.3) is 0 Å². The predicted molar refractivity (Wildman–Crippen MR) is 97.3 cm³/mol. The number of amides is 2. The minimum absolute atomic E-state index is 0.0499. The highest BCUT2D eigenvalue weighted by molar-refractivity contribution is 5.99. The van der Waals surface area contributed by atoms with E-state index in [1.165, 1.54) is 5.56 Å². The van der Waals surface area contributed by atoms with E-state index in [0.717, 1.165) is 49.8 Å². The molecule has 2 aliphatic rings. The predicted octanol–water partition coefficient (Wildman–Crippen LogP) is 2.51. The number of carbonyl (C=O) groups is 2. The summed E-state index contributed by atoms with van der Waals surface area (Å²) >= 11 is 0. The van der Waals surface area contributed by atoms with Gasteiger partial charge in [-0.2, -0.15) is 0 Å². The topological polar surface area (TPSA) is 69.6 Å². The Kier molecular flexibility index (Phi) is 5.74. The van der Waals surface area contributed by atoms with Gasteiger partial charge in [0.1, 0.15) is 0 Å². The zero-order chi connectivity index (χ0) is 17.8. The first-order valence-corrected chi connectivity index (χ1v) is 9.36. The number of carbonyl (C=O) groups excluding carboxylic acids is 2. The van der Waals surface area contributed by atoms with Crippen molar-refractivity contribution >= 4 is 17.5 Å². The van der Waals surface area contributed by atoms with Crippen LogP contribution in [0.25, 0.3) is 0 Å². The molecule has 5 heteroatoms. The second-order valence-electron chi connectivity index (χ2n) is 7.46. The number of nitrogens with zero attached hydrogens (tertiary/aromatic N) is 1. The molecule has 1 heterocycles. The number of hydrogen-bond acceptors (Lipinski definition) is 3. The summed E-state index contributed by atoms with van der Waals surface area (Å²) in [7, 11) is 1.84. The summed E-state index contributed by atoms with van der Waals surface area (Å²) in [5, 5.41) is 12.9. The van der Waals surface area contributed by atoms with Gasteiger partial charge in [-0.05, 0) is 42.9 Å². The van der Waals surface area contributed by atoms with Gasteiger partial charge in [0.2, 0.25) is 11.8 Å². The summed E-state index contributed by atoms with van der Waals surface area (Å²) in [5.41, 5.74) is 3.14. The molecule has 1 aromatic rings. The van der Waals surface area contributed by atoms with E-state index in [2.05, 4.69) is 11.4 Å². The van der Waals surface area contributed by atoms with Crippen molar-refractivity contribution in [3.05, 3.63) is 29.3 Å². The highest BCUT2D eigenvalue weighted by atomic mass is 16.3. The van der Waals surface area contributed by atoms with Crippen molar-refractivity contribution in [1.29, 1.82) is 0 Å². The van der Waals surface area contributed by atoms with Crippen molar-refractivity contribution in [3.63, 3.8) is 0 Å². The van der Waals surface area contributed by atoms with Gasteiger partial charge in [0, 0.05) is 31.6 Å². The quantitative estimate of drug-likeness (QED) is 0.833. The first kappa shape index (κ1) is 17.9. The Morgan fingerprint density at radius 2 is 2.12 bits per heavy atom. The van der Waals surface area contributed by atoms with E-state index in [1.54, 1.807) is 4.90 Å². The van der Waals surface area contributed by atoms with Crippen molar-refractivity contribution in [2.75, 3.05) is 18.9 Å². The third-order valence-electron chi connectivity index (χ3n) is 5.45. The second kappa shape index (κ2) is 8.00. The molecule has 2 atom stereocenters. The molecular formula is C20H28N2O3. The van der Waals surface area contributed by atoms with Crippen molar-refractivity contribution in [1.82, 2.24) is 4.90 Å². The van der Waals surface area contributed by atoms with Crippen LogP contribution < -0.4 is 5.32 Å². The fraction of sp³-hybridized carbons (Fsp3) is 0.600. The molecule has 2 amide bonds. The molecule has 2 unspecified atom stereocenters. The van der Waals surface area contributed by atoms with Gasteiger partial charge in [-0.15, -0.1) is 0 Å². The van der Waals surface area contributed by atoms with E-state index in [9.17, 15) is 14.7 Å². The van der Waals surface area contributed by atoms with E-state index in [4.69, 9.17) is 0 Å². The number of aliphatic hydroxyl groups is 1. The van der Waals surface area contributed by atoms with Gasteiger partial charge >= 0.3 is 0 Å². The van der Waals surface area contributed by atoms with Crippen LogP contribution in [0, 0.1) is 5.92 Å². The Balaban J connectivity index is 1.43. The van der Waals surface area contributed by atoms with E-state index < -0.39 is 0 Å². The number of aliphatic hydroxyl groups excluding tert-OH is 1. The lowest BCUT2D eigenvalue weighted by Crippen LogP contribution is -2.38. The number of fused-ring (bicyclic) bond motifs is 1. The third-order valence-corrected chi connectivity index (χ3v) is 5.45. The summed E-state index contributed by atoms with van der Waals surface area (Å²) in [6, 6.07) is 6.05. The van der Waals surface area contributed by atoms with Gasteiger partial charge < -0.3 is 15.3 Å². The molecule has 0 bridgehead atoms. The molecule has 0 radical (unpaired) electrons. The molecule has 1 aliphatic heterocycles. The molecule has 1 aromatic carbocycles. The van der Waals surface area contributed by atoms with Gasteiger partial charge in [0.15, 0.2) is 0 Å². The number of anilines is 1. The molecule has 0 saturated heterocycles. The normalized spacial score (nSPS) is 22.4.